The third-order valence-corrected chi connectivity index (χ3v) is 8.60. The lowest BCUT2D eigenvalue weighted by atomic mass is 10.2. The zero-order chi connectivity index (χ0) is 22.7. The lowest BCUT2D eigenvalue weighted by molar-refractivity contribution is 0.584. The van der Waals surface area contributed by atoms with Crippen LogP contribution in [0.2, 0.25) is 10.0 Å². The van der Waals surface area contributed by atoms with Crippen molar-refractivity contribution in [3.63, 3.8) is 0 Å². The molecule has 0 atom stereocenters. The van der Waals surface area contributed by atoms with Gasteiger partial charge in [0, 0.05) is 27.2 Å². The van der Waals surface area contributed by atoms with Gasteiger partial charge in [-0.15, -0.1) is 11.8 Å². The van der Waals surface area contributed by atoms with Crippen LogP contribution < -0.4 is 9.60 Å². The van der Waals surface area contributed by atoms with Gasteiger partial charge in [-0.2, -0.15) is 0 Å². The number of thioether (sulfide) groups is 1. The van der Waals surface area contributed by atoms with Crippen molar-refractivity contribution in [3.05, 3.63) is 92.0 Å². The van der Waals surface area contributed by atoms with Crippen LogP contribution in [0.25, 0.3) is 10.2 Å². The number of nitrogens with zero attached hydrogens (tertiary/aromatic N) is 1. The Labute approximate surface area is 204 Å². The summed E-state index contributed by atoms with van der Waals surface area (Å²) in [5.74, 6) is 0.577. The SMILES string of the molecule is O=c1sc2cc(S(=O)(=O)NCCSc3ccc(Cl)cc3)ccc2n1Cc1ccc(Cl)cc1. The van der Waals surface area contributed by atoms with Crippen molar-refractivity contribution in [1.29, 1.82) is 0 Å². The topological polar surface area (TPSA) is 68.2 Å². The quantitative estimate of drug-likeness (QED) is 0.244. The van der Waals surface area contributed by atoms with Gasteiger partial charge in [-0.3, -0.25) is 9.36 Å². The highest BCUT2D eigenvalue weighted by atomic mass is 35.5. The fourth-order valence-corrected chi connectivity index (χ4v) is 6.31. The third-order valence-electron chi connectivity index (χ3n) is 4.68. The minimum Gasteiger partial charge on any atom is -0.294 e. The Morgan fingerprint density at radius 1 is 0.938 bits per heavy atom. The number of hydrogen-bond acceptors (Lipinski definition) is 5. The molecule has 1 aromatic heterocycles. The van der Waals surface area contributed by atoms with Crippen molar-refractivity contribution >= 4 is 66.5 Å². The van der Waals surface area contributed by atoms with Gasteiger partial charge in [0.15, 0.2) is 0 Å². The van der Waals surface area contributed by atoms with E-state index in [1.807, 2.05) is 24.3 Å². The molecular formula is C22H18Cl2N2O3S3. The van der Waals surface area contributed by atoms with Gasteiger partial charge in [0.25, 0.3) is 0 Å². The van der Waals surface area contributed by atoms with E-state index in [9.17, 15) is 13.2 Å². The maximum atomic E-state index is 12.7. The maximum absolute atomic E-state index is 12.7. The summed E-state index contributed by atoms with van der Waals surface area (Å²) < 4.78 is 30.3. The van der Waals surface area contributed by atoms with E-state index in [-0.39, 0.29) is 16.3 Å². The highest BCUT2D eigenvalue weighted by molar-refractivity contribution is 7.99. The lowest BCUT2D eigenvalue weighted by Crippen LogP contribution is -2.26. The Hall–Kier alpha value is -1.81. The summed E-state index contributed by atoms with van der Waals surface area (Å²) in [7, 11) is -3.68. The van der Waals surface area contributed by atoms with Crippen LogP contribution in [-0.4, -0.2) is 25.3 Å². The molecule has 1 N–H and O–H groups in total. The highest BCUT2D eigenvalue weighted by Crippen LogP contribution is 2.23. The van der Waals surface area contributed by atoms with Crippen LogP contribution in [0.3, 0.4) is 0 Å². The third kappa shape index (κ3) is 5.57. The summed E-state index contributed by atoms with van der Waals surface area (Å²) in [5.41, 5.74) is 1.64. The molecule has 0 saturated carbocycles. The summed E-state index contributed by atoms with van der Waals surface area (Å²) in [6.45, 7) is 0.670. The van der Waals surface area contributed by atoms with Gasteiger partial charge in [-0.05, 0) is 60.2 Å². The second kappa shape index (κ2) is 9.99. The first kappa shape index (κ1) is 23.4. The first-order valence-electron chi connectivity index (χ1n) is 9.58. The van der Waals surface area contributed by atoms with Crippen LogP contribution in [0.1, 0.15) is 5.56 Å². The van der Waals surface area contributed by atoms with Gasteiger partial charge >= 0.3 is 4.87 Å². The number of halogens is 2. The average molecular weight is 526 g/mol. The molecule has 5 nitrogen and oxygen atoms in total. The van der Waals surface area contributed by atoms with Crippen LogP contribution in [0.5, 0.6) is 0 Å². The summed E-state index contributed by atoms with van der Waals surface area (Å²) >= 11 is 14.4. The second-order valence-corrected chi connectivity index (χ2v) is 11.7. The van der Waals surface area contributed by atoms with E-state index in [0.717, 1.165) is 21.8 Å². The van der Waals surface area contributed by atoms with Crippen LogP contribution in [0.4, 0.5) is 0 Å². The molecule has 10 heteroatoms. The number of fused-ring (bicyclic) bond motifs is 1. The van der Waals surface area contributed by atoms with Gasteiger partial charge < -0.3 is 0 Å². The molecule has 166 valence electrons. The molecule has 0 spiro atoms. The Morgan fingerprint density at radius 2 is 1.59 bits per heavy atom. The van der Waals surface area contributed by atoms with Crippen molar-refractivity contribution in [2.75, 3.05) is 12.3 Å². The van der Waals surface area contributed by atoms with Gasteiger partial charge in [0.2, 0.25) is 10.0 Å². The van der Waals surface area contributed by atoms with Gasteiger partial charge in [0.05, 0.1) is 21.7 Å². The minimum atomic E-state index is -3.68. The Balaban J connectivity index is 1.46. The summed E-state index contributed by atoms with van der Waals surface area (Å²) in [6.07, 6.45) is 0. The van der Waals surface area contributed by atoms with E-state index in [0.29, 0.717) is 32.6 Å². The molecule has 0 amide bonds. The van der Waals surface area contributed by atoms with Crippen LogP contribution in [0.15, 0.2) is 81.3 Å². The Bertz CT molecular complexity index is 1400. The molecule has 0 radical (unpaired) electrons. The van der Waals surface area contributed by atoms with E-state index < -0.39 is 10.0 Å². The fourth-order valence-electron chi connectivity index (χ4n) is 3.10. The normalized spacial score (nSPS) is 11.8. The van der Waals surface area contributed by atoms with Gasteiger partial charge in [0.1, 0.15) is 0 Å². The molecule has 0 saturated heterocycles. The van der Waals surface area contributed by atoms with Crippen molar-refractivity contribution in [2.24, 2.45) is 0 Å². The van der Waals surface area contributed by atoms with Crippen molar-refractivity contribution in [1.82, 2.24) is 9.29 Å². The minimum absolute atomic E-state index is 0.140. The number of sulfonamides is 1. The second-order valence-electron chi connectivity index (χ2n) is 6.91. The zero-order valence-corrected chi connectivity index (χ0v) is 20.6. The molecule has 4 aromatic rings. The molecular weight excluding hydrogens is 507 g/mol. The molecule has 3 aromatic carbocycles. The van der Waals surface area contributed by atoms with Crippen molar-refractivity contribution < 1.29 is 8.42 Å². The van der Waals surface area contributed by atoms with E-state index in [4.69, 9.17) is 23.2 Å². The summed E-state index contributed by atoms with van der Waals surface area (Å²) in [4.78, 5) is 13.5. The Kier molecular flexibility index (Phi) is 7.29. The smallest absolute Gasteiger partial charge is 0.294 e. The molecule has 4 rings (SSSR count). The van der Waals surface area contributed by atoms with Crippen LogP contribution in [0, 0.1) is 0 Å². The summed E-state index contributed by atoms with van der Waals surface area (Å²) in [5, 5.41) is 1.29. The number of aromatic nitrogens is 1. The molecule has 32 heavy (non-hydrogen) atoms. The standard InChI is InChI=1S/C22H18Cl2N2O3S3/c23-16-3-1-15(2-4-16)14-26-20-10-9-19(13-21(20)31-22(26)27)32(28,29)25-11-12-30-18-7-5-17(24)6-8-18/h1-10,13,25H,11-12,14H2. The Morgan fingerprint density at radius 3 is 2.28 bits per heavy atom. The number of rotatable bonds is 8. The monoisotopic (exact) mass is 524 g/mol. The molecule has 0 fully saturated rings. The van der Waals surface area contributed by atoms with E-state index >= 15 is 0 Å². The number of hydrogen-bond donors (Lipinski definition) is 1. The predicted octanol–water partition coefficient (Wildman–Crippen LogP) is 5.49. The first-order chi connectivity index (χ1) is 15.3. The maximum Gasteiger partial charge on any atom is 0.308 e. The number of thiazole rings is 1. The lowest BCUT2D eigenvalue weighted by Gasteiger charge is -2.08. The number of benzene rings is 3. The molecule has 0 aliphatic heterocycles. The molecule has 0 bridgehead atoms. The highest BCUT2D eigenvalue weighted by Gasteiger charge is 2.16. The number of nitrogens with one attached hydrogen (secondary N) is 1. The first-order valence-corrected chi connectivity index (χ1v) is 13.6. The van der Waals surface area contributed by atoms with Crippen molar-refractivity contribution in [3.8, 4) is 0 Å². The molecule has 1 heterocycles. The van der Waals surface area contributed by atoms with Crippen molar-refractivity contribution in [2.45, 2.75) is 16.3 Å². The van der Waals surface area contributed by atoms with Gasteiger partial charge in [-0.1, -0.05) is 46.7 Å². The van der Waals surface area contributed by atoms with Gasteiger partial charge in [-0.25, -0.2) is 13.1 Å². The largest absolute Gasteiger partial charge is 0.308 e. The van der Waals surface area contributed by atoms with Crippen LogP contribution in [-0.2, 0) is 16.6 Å². The fraction of sp³-hybridized carbons (Fsp3) is 0.136. The molecule has 0 aliphatic carbocycles. The average Bonchev–Trinajstić information content (AvgIpc) is 3.08. The van der Waals surface area contributed by atoms with E-state index in [2.05, 4.69) is 4.72 Å². The van der Waals surface area contributed by atoms with E-state index in [1.165, 1.54) is 17.8 Å². The zero-order valence-electron chi connectivity index (χ0n) is 16.6. The molecule has 0 aliphatic rings. The van der Waals surface area contributed by atoms with E-state index in [1.54, 1.807) is 41.0 Å². The summed E-state index contributed by atoms with van der Waals surface area (Å²) in [6, 6.07) is 19.4. The predicted molar refractivity (Wildman–Crippen MR) is 134 cm³/mol. The molecule has 0 unspecified atom stereocenters. The van der Waals surface area contributed by atoms with Crippen LogP contribution >= 0.6 is 46.3 Å².